The highest BCUT2D eigenvalue weighted by atomic mass is 79.9. The van der Waals surface area contributed by atoms with Crippen LogP contribution in [0.15, 0.2) is 59.3 Å². The Morgan fingerprint density at radius 1 is 1.12 bits per heavy atom. The molecule has 41 heavy (non-hydrogen) atoms. The molecule has 2 heterocycles. The number of carbonyl (C=O) groups is 2. The van der Waals surface area contributed by atoms with Gasteiger partial charge in [-0.3, -0.25) is 9.20 Å². The summed E-state index contributed by atoms with van der Waals surface area (Å²) in [4.78, 5) is 30.7. The van der Waals surface area contributed by atoms with E-state index in [9.17, 15) is 22.8 Å². The van der Waals surface area contributed by atoms with Gasteiger partial charge in [-0.25, -0.2) is 9.78 Å². The molecule has 15 heteroatoms. The van der Waals surface area contributed by atoms with E-state index < -0.39 is 30.2 Å². The summed E-state index contributed by atoms with van der Waals surface area (Å²) in [5.74, 6) is -0.0114. The summed E-state index contributed by atoms with van der Waals surface area (Å²) in [7, 11) is 1.48. The van der Waals surface area contributed by atoms with E-state index in [-0.39, 0.29) is 29.7 Å². The number of amides is 3. The number of anilines is 2. The predicted octanol–water partition coefficient (Wildman–Crippen LogP) is 7.52. The maximum atomic E-state index is 12.8. The number of likely N-dealkylation sites (N-methyl/N-ethyl adjacent to an activating group) is 1. The number of hydrogen-bond donors (Lipinski definition) is 2. The molecular formula is C26H22BrCl3F3N5O3. The molecule has 0 aliphatic heterocycles. The second-order valence-electron chi connectivity index (χ2n) is 8.54. The minimum Gasteiger partial charge on any atom is -0.485 e. The summed E-state index contributed by atoms with van der Waals surface area (Å²) < 4.78 is 46.7. The van der Waals surface area contributed by atoms with Gasteiger partial charge in [-0.15, -0.1) is 12.4 Å². The Kier molecular flexibility index (Phi) is 10.4. The largest absolute Gasteiger partial charge is 0.485 e. The fourth-order valence-corrected chi connectivity index (χ4v) is 4.67. The number of hydrogen-bond acceptors (Lipinski definition) is 4. The summed E-state index contributed by atoms with van der Waals surface area (Å²) in [6, 6.07) is 9.84. The maximum absolute atomic E-state index is 12.8. The van der Waals surface area contributed by atoms with Crippen LogP contribution < -0.4 is 20.3 Å². The number of carbonyl (C=O) groups excluding carboxylic acids is 2. The molecule has 0 radical (unpaired) electrons. The first kappa shape index (κ1) is 32.3. The number of aryl methyl sites for hydroxylation is 1. The van der Waals surface area contributed by atoms with Crippen LogP contribution in [0.25, 0.3) is 5.65 Å². The van der Waals surface area contributed by atoms with Gasteiger partial charge in [0.1, 0.15) is 11.2 Å². The van der Waals surface area contributed by atoms with E-state index in [1.807, 2.05) is 17.5 Å². The van der Waals surface area contributed by atoms with Gasteiger partial charge in [0.2, 0.25) is 5.91 Å². The number of nitrogens with zero attached hydrogens (tertiary/aromatic N) is 3. The van der Waals surface area contributed by atoms with E-state index in [4.69, 9.17) is 27.9 Å². The van der Waals surface area contributed by atoms with Crippen LogP contribution in [-0.2, 0) is 17.6 Å². The van der Waals surface area contributed by atoms with E-state index in [1.165, 1.54) is 11.9 Å². The fourth-order valence-electron chi connectivity index (χ4n) is 3.69. The molecule has 0 unspecified atom stereocenters. The number of alkyl halides is 3. The number of nitrogens with one attached hydrogen (secondary N) is 2. The molecule has 0 saturated heterocycles. The van der Waals surface area contributed by atoms with Crippen molar-refractivity contribution in [3.05, 3.63) is 86.2 Å². The second kappa shape index (κ2) is 13.2. The van der Waals surface area contributed by atoms with Crippen molar-refractivity contribution in [3.8, 4) is 5.75 Å². The quantitative estimate of drug-likeness (QED) is 0.210. The SMILES string of the molecule is Cc1nc2c(OCc3c(Cl)ccc(N(C)C(=O)CNC(=O)Nc4ccc(C(F)(F)F)cc4)c3Cl)cccn2c1Br.Cl. The summed E-state index contributed by atoms with van der Waals surface area (Å²) in [5.41, 5.74) is 1.45. The zero-order valence-corrected chi connectivity index (χ0v) is 25.3. The Balaban J connectivity index is 0.00000462. The fraction of sp³-hybridized carbons (Fsp3) is 0.192. The van der Waals surface area contributed by atoms with E-state index in [0.29, 0.717) is 27.7 Å². The van der Waals surface area contributed by atoms with Crippen LogP contribution >= 0.6 is 51.5 Å². The van der Waals surface area contributed by atoms with Crippen LogP contribution in [0.5, 0.6) is 5.75 Å². The molecule has 218 valence electrons. The van der Waals surface area contributed by atoms with Crippen molar-refractivity contribution in [1.29, 1.82) is 0 Å². The summed E-state index contributed by atoms with van der Waals surface area (Å²) in [5, 5.41) is 5.26. The van der Waals surface area contributed by atoms with E-state index in [2.05, 4.69) is 31.5 Å². The van der Waals surface area contributed by atoms with Gasteiger partial charge < -0.3 is 20.3 Å². The second-order valence-corrected chi connectivity index (χ2v) is 10.1. The number of pyridine rings is 1. The third-order valence-corrected chi connectivity index (χ3v) is 7.59. The van der Waals surface area contributed by atoms with Gasteiger partial charge in [0, 0.05) is 29.5 Å². The van der Waals surface area contributed by atoms with E-state index in [1.54, 1.807) is 24.3 Å². The highest BCUT2D eigenvalue weighted by Gasteiger charge is 2.30. The lowest BCUT2D eigenvalue weighted by Gasteiger charge is -2.21. The number of ether oxygens (including phenoxy) is 1. The molecule has 0 bridgehead atoms. The Hall–Kier alpha value is -3.19. The first-order valence-corrected chi connectivity index (χ1v) is 13.1. The van der Waals surface area contributed by atoms with Crippen LogP contribution in [-0.4, -0.2) is 34.9 Å². The van der Waals surface area contributed by atoms with Crippen LogP contribution in [0.2, 0.25) is 10.0 Å². The van der Waals surface area contributed by atoms with Crippen molar-refractivity contribution in [1.82, 2.24) is 14.7 Å². The minimum absolute atomic E-state index is 0. The van der Waals surface area contributed by atoms with Crippen molar-refractivity contribution in [2.45, 2.75) is 19.7 Å². The molecule has 8 nitrogen and oxygen atoms in total. The molecule has 0 aliphatic carbocycles. The Morgan fingerprint density at radius 3 is 2.46 bits per heavy atom. The molecule has 0 atom stereocenters. The molecule has 0 aliphatic rings. The van der Waals surface area contributed by atoms with E-state index >= 15 is 0 Å². The van der Waals surface area contributed by atoms with Gasteiger partial charge in [-0.2, -0.15) is 13.2 Å². The topological polar surface area (TPSA) is 88.0 Å². The van der Waals surface area contributed by atoms with Crippen LogP contribution in [0, 0.1) is 6.92 Å². The maximum Gasteiger partial charge on any atom is 0.416 e. The smallest absolute Gasteiger partial charge is 0.416 e. The molecule has 2 N–H and O–H groups in total. The van der Waals surface area contributed by atoms with Crippen molar-refractivity contribution in [3.63, 3.8) is 0 Å². The lowest BCUT2D eigenvalue weighted by Crippen LogP contribution is -2.40. The van der Waals surface area contributed by atoms with Crippen molar-refractivity contribution < 1.29 is 27.5 Å². The number of benzene rings is 2. The van der Waals surface area contributed by atoms with Gasteiger partial charge >= 0.3 is 12.2 Å². The molecule has 4 rings (SSSR count). The van der Waals surface area contributed by atoms with E-state index in [0.717, 1.165) is 34.6 Å². The molecule has 0 saturated carbocycles. The van der Waals surface area contributed by atoms with Gasteiger partial charge in [0.15, 0.2) is 11.4 Å². The number of imidazole rings is 1. The van der Waals surface area contributed by atoms with Crippen LogP contribution in [0.4, 0.5) is 29.3 Å². The van der Waals surface area contributed by atoms with Crippen LogP contribution in [0.3, 0.4) is 0 Å². The number of halogens is 7. The zero-order chi connectivity index (χ0) is 29.2. The van der Waals surface area contributed by atoms with Gasteiger partial charge in [0.05, 0.1) is 28.5 Å². The average Bonchev–Trinajstić information content (AvgIpc) is 3.20. The number of aromatic nitrogens is 2. The lowest BCUT2D eigenvalue weighted by molar-refractivity contribution is -0.137. The standard InChI is InChI=1S/C26H21BrCl2F3N5O3.ClH/c1-14-23(27)37-11-3-4-20(24(37)34-14)40-13-17-18(28)9-10-19(22(17)29)36(2)21(38)12-33-25(39)35-16-7-5-15(6-8-16)26(30,31)32;/h3-11H,12-13H2,1-2H3,(H2,33,35,39);1H. The average molecular weight is 696 g/mol. The minimum atomic E-state index is -4.49. The third-order valence-electron chi connectivity index (χ3n) is 5.86. The van der Waals surface area contributed by atoms with Gasteiger partial charge in [-0.05, 0) is 71.4 Å². The highest BCUT2D eigenvalue weighted by Crippen LogP contribution is 2.35. The normalized spacial score (nSPS) is 11.1. The molecule has 3 amide bonds. The summed E-state index contributed by atoms with van der Waals surface area (Å²) >= 11 is 16.5. The number of fused-ring (bicyclic) bond motifs is 1. The molecule has 0 spiro atoms. The monoisotopic (exact) mass is 693 g/mol. The Morgan fingerprint density at radius 2 is 1.80 bits per heavy atom. The molecule has 4 aromatic rings. The third kappa shape index (κ3) is 7.37. The molecule has 0 fully saturated rings. The highest BCUT2D eigenvalue weighted by molar-refractivity contribution is 9.10. The number of urea groups is 1. The van der Waals surface area contributed by atoms with Crippen molar-refractivity contribution >= 4 is 80.5 Å². The van der Waals surface area contributed by atoms with Gasteiger partial charge in [0.25, 0.3) is 0 Å². The van der Waals surface area contributed by atoms with Gasteiger partial charge in [-0.1, -0.05) is 23.2 Å². The molecule has 2 aromatic carbocycles. The number of rotatable bonds is 7. The zero-order valence-electron chi connectivity index (χ0n) is 21.4. The predicted molar refractivity (Wildman–Crippen MR) is 158 cm³/mol. The lowest BCUT2D eigenvalue weighted by atomic mass is 10.2. The van der Waals surface area contributed by atoms with Crippen molar-refractivity contribution in [2.75, 3.05) is 23.8 Å². The first-order valence-electron chi connectivity index (χ1n) is 11.6. The van der Waals surface area contributed by atoms with Crippen LogP contribution in [0.1, 0.15) is 16.8 Å². The first-order chi connectivity index (χ1) is 18.9. The molecule has 2 aromatic heterocycles. The molecular weight excluding hydrogens is 674 g/mol. The Labute approximate surface area is 257 Å². The summed E-state index contributed by atoms with van der Waals surface area (Å²) in [6.45, 7) is 1.44. The Bertz CT molecular complexity index is 1580. The van der Waals surface area contributed by atoms with Crippen molar-refractivity contribution in [2.24, 2.45) is 0 Å². The summed E-state index contributed by atoms with van der Waals surface area (Å²) in [6.07, 6.45) is -2.65.